The Kier molecular flexibility index (Phi) is 5.31. The number of carbonyl (C=O) groups excluding carboxylic acids is 1. The maximum absolute atomic E-state index is 11.5. The van der Waals surface area contributed by atoms with Gasteiger partial charge in [0.2, 0.25) is 0 Å². The molecule has 0 aliphatic carbocycles. The number of aromatic nitrogens is 1. The predicted molar refractivity (Wildman–Crippen MR) is 76.1 cm³/mol. The highest BCUT2D eigenvalue weighted by molar-refractivity contribution is 5.89. The van der Waals surface area contributed by atoms with Crippen molar-refractivity contribution in [2.45, 2.75) is 13.0 Å². The number of nitrogens with one attached hydrogen (secondary N) is 1. The first-order valence-electron chi connectivity index (χ1n) is 6.87. The molecule has 1 unspecified atom stereocenters. The Balaban J connectivity index is 1.92. The summed E-state index contributed by atoms with van der Waals surface area (Å²) in [6.07, 6.45) is 1.71. The van der Waals surface area contributed by atoms with Crippen molar-refractivity contribution in [1.82, 2.24) is 10.3 Å². The third-order valence-corrected chi connectivity index (χ3v) is 3.13. The zero-order valence-electron chi connectivity index (χ0n) is 12.0. The summed E-state index contributed by atoms with van der Waals surface area (Å²) in [6.45, 7) is 5.42. The highest BCUT2D eigenvalue weighted by Crippen LogP contribution is 2.12. The number of morpholine rings is 1. The number of carbonyl (C=O) groups is 1. The number of ether oxygens (including phenoxy) is 2. The molecule has 1 aromatic rings. The molecule has 1 aromatic heterocycles. The number of esters is 1. The van der Waals surface area contributed by atoms with Gasteiger partial charge in [0.1, 0.15) is 5.82 Å². The van der Waals surface area contributed by atoms with Gasteiger partial charge in [0.15, 0.2) is 0 Å². The van der Waals surface area contributed by atoms with Crippen LogP contribution in [0.4, 0.5) is 5.82 Å². The summed E-state index contributed by atoms with van der Waals surface area (Å²) >= 11 is 0. The molecule has 1 fully saturated rings. The standard InChI is InChI=1S/C14H21N3O3/c1-3-19-14(18)11-4-5-13(16-8-11)17(2)10-12-9-15-6-7-20-12/h4-5,8,12,15H,3,6-7,9-10H2,1-2H3. The van der Waals surface area contributed by atoms with Gasteiger partial charge in [-0.25, -0.2) is 9.78 Å². The molecule has 1 atom stereocenters. The van der Waals surface area contributed by atoms with E-state index in [2.05, 4.69) is 10.3 Å². The molecule has 110 valence electrons. The molecule has 20 heavy (non-hydrogen) atoms. The molecule has 2 heterocycles. The zero-order valence-corrected chi connectivity index (χ0v) is 12.0. The molecule has 6 heteroatoms. The Hall–Kier alpha value is -1.66. The fourth-order valence-electron chi connectivity index (χ4n) is 2.08. The summed E-state index contributed by atoms with van der Waals surface area (Å²) in [5, 5.41) is 3.30. The maximum Gasteiger partial charge on any atom is 0.339 e. The summed E-state index contributed by atoms with van der Waals surface area (Å²) in [5.74, 6) is 0.473. The Morgan fingerprint density at radius 1 is 1.60 bits per heavy atom. The van der Waals surface area contributed by atoms with Gasteiger partial charge < -0.3 is 19.7 Å². The maximum atomic E-state index is 11.5. The van der Waals surface area contributed by atoms with E-state index in [0.29, 0.717) is 12.2 Å². The van der Waals surface area contributed by atoms with Crippen LogP contribution in [0.15, 0.2) is 18.3 Å². The molecule has 0 aromatic carbocycles. The van der Waals surface area contributed by atoms with Gasteiger partial charge in [0.05, 0.1) is 24.9 Å². The zero-order chi connectivity index (χ0) is 14.4. The minimum Gasteiger partial charge on any atom is -0.462 e. The van der Waals surface area contributed by atoms with Crippen LogP contribution in [-0.4, -0.2) is 57.0 Å². The minimum absolute atomic E-state index is 0.167. The molecule has 6 nitrogen and oxygen atoms in total. The number of likely N-dealkylation sites (N-methyl/N-ethyl adjacent to an activating group) is 1. The van der Waals surface area contributed by atoms with E-state index in [1.54, 1.807) is 19.2 Å². The van der Waals surface area contributed by atoms with Gasteiger partial charge in [-0.2, -0.15) is 0 Å². The monoisotopic (exact) mass is 279 g/mol. The van der Waals surface area contributed by atoms with Gasteiger partial charge in [0, 0.05) is 32.9 Å². The van der Waals surface area contributed by atoms with Crippen molar-refractivity contribution in [1.29, 1.82) is 0 Å². The molecular formula is C14H21N3O3. The summed E-state index contributed by atoms with van der Waals surface area (Å²) in [4.78, 5) is 17.9. The van der Waals surface area contributed by atoms with Crippen molar-refractivity contribution in [2.75, 3.05) is 44.8 Å². The lowest BCUT2D eigenvalue weighted by Crippen LogP contribution is -2.44. The van der Waals surface area contributed by atoms with Gasteiger partial charge in [-0.3, -0.25) is 0 Å². The highest BCUT2D eigenvalue weighted by Gasteiger charge is 2.16. The number of hydrogen-bond acceptors (Lipinski definition) is 6. The fraction of sp³-hybridized carbons (Fsp3) is 0.571. The van der Waals surface area contributed by atoms with Crippen molar-refractivity contribution in [3.63, 3.8) is 0 Å². The smallest absolute Gasteiger partial charge is 0.339 e. The van der Waals surface area contributed by atoms with Crippen LogP contribution < -0.4 is 10.2 Å². The number of rotatable bonds is 5. The predicted octanol–water partition coefficient (Wildman–Crippen LogP) is 0.683. The molecule has 1 saturated heterocycles. The highest BCUT2D eigenvalue weighted by atomic mass is 16.5. The first kappa shape index (κ1) is 14.7. The molecular weight excluding hydrogens is 258 g/mol. The van der Waals surface area contributed by atoms with Gasteiger partial charge in [0.25, 0.3) is 0 Å². The van der Waals surface area contributed by atoms with Crippen LogP contribution in [0, 0.1) is 0 Å². The molecule has 1 N–H and O–H groups in total. The van der Waals surface area contributed by atoms with E-state index in [0.717, 1.165) is 32.1 Å². The second kappa shape index (κ2) is 7.21. The van der Waals surface area contributed by atoms with Crippen molar-refractivity contribution in [3.05, 3.63) is 23.9 Å². The topological polar surface area (TPSA) is 63.7 Å². The molecule has 0 amide bonds. The molecule has 1 aliphatic rings. The third-order valence-electron chi connectivity index (χ3n) is 3.13. The number of nitrogens with zero attached hydrogens (tertiary/aromatic N) is 2. The molecule has 2 rings (SSSR count). The third kappa shape index (κ3) is 3.91. The van der Waals surface area contributed by atoms with E-state index in [9.17, 15) is 4.79 Å². The Bertz CT molecular complexity index is 430. The molecule has 0 bridgehead atoms. The second-order valence-electron chi connectivity index (χ2n) is 4.70. The van der Waals surface area contributed by atoms with Gasteiger partial charge >= 0.3 is 5.97 Å². The number of hydrogen-bond donors (Lipinski definition) is 1. The molecule has 0 spiro atoms. The largest absolute Gasteiger partial charge is 0.462 e. The first-order valence-corrected chi connectivity index (χ1v) is 6.87. The van der Waals surface area contributed by atoms with Gasteiger partial charge in [-0.1, -0.05) is 0 Å². The van der Waals surface area contributed by atoms with Crippen molar-refractivity contribution in [2.24, 2.45) is 0 Å². The fourth-order valence-corrected chi connectivity index (χ4v) is 2.08. The van der Waals surface area contributed by atoms with Crippen molar-refractivity contribution in [3.8, 4) is 0 Å². The average molecular weight is 279 g/mol. The number of pyridine rings is 1. The van der Waals surface area contributed by atoms with Crippen LogP contribution in [-0.2, 0) is 9.47 Å². The number of anilines is 1. The summed E-state index contributed by atoms with van der Waals surface area (Å²) in [7, 11) is 1.96. The van der Waals surface area contributed by atoms with Crippen LogP contribution in [0.2, 0.25) is 0 Å². The summed E-state index contributed by atoms with van der Waals surface area (Å²) in [6, 6.07) is 3.55. The Labute approximate surface area is 119 Å². The second-order valence-corrected chi connectivity index (χ2v) is 4.70. The van der Waals surface area contributed by atoms with E-state index in [4.69, 9.17) is 9.47 Å². The summed E-state index contributed by atoms with van der Waals surface area (Å²) < 4.78 is 10.6. The SMILES string of the molecule is CCOC(=O)c1ccc(N(C)CC2CNCCO2)nc1. The average Bonchev–Trinajstić information content (AvgIpc) is 2.48. The quantitative estimate of drug-likeness (QED) is 0.800. The lowest BCUT2D eigenvalue weighted by Gasteiger charge is -2.28. The van der Waals surface area contributed by atoms with E-state index in [1.165, 1.54) is 0 Å². The van der Waals surface area contributed by atoms with Crippen LogP contribution in [0.25, 0.3) is 0 Å². The lowest BCUT2D eigenvalue weighted by molar-refractivity contribution is 0.0339. The van der Waals surface area contributed by atoms with E-state index < -0.39 is 0 Å². The van der Waals surface area contributed by atoms with Gasteiger partial charge in [-0.15, -0.1) is 0 Å². The first-order chi connectivity index (χ1) is 9.70. The minimum atomic E-state index is -0.339. The van der Waals surface area contributed by atoms with Crippen LogP contribution >= 0.6 is 0 Å². The van der Waals surface area contributed by atoms with Gasteiger partial charge in [-0.05, 0) is 19.1 Å². The molecule has 1 aliphatic heterocycles. The Morgan fingerprint density at radius 3 is 3.05 bits per heavy atom. The van der Waals surface area contributed by atoms with Crippen LogP contribution in [0.1, 0.15) is 17.3 Å². The summed E-state index contributed by atoms with van der Waals surface area (Å²) in [5.41, 5.74) is 0.472. The van der Waals surface area contributed by atoms with E-state index in [-0.39, 0.29) is 12.1 Å². The van der Waals surface area contributed by atoms with Crippen molar-refractivity contribution < 1.29 is 14.3 Å². The van der Waals surface area contributed by atoms with Crippen LogP contribution in [0.3, 0.4) is 0 Å². The van der Waals surface area contributed by atoms with Crippen LogP contribution in [0.5, 0.6) is 0 Å². The molecule has 0 radical (unpaired) electrons. The lowest BCUT2D eigenvalue weighted by atomic mass is 10.2. The van der Waals surface area contributed by atoms with Crippen molar-refractivity contribution >= 4 is 11.8 Å². The van der Waals surface area contributed by atoms with E-state index in [1.807, 2.05) is 18.0 Å². The normalized spacial score (nSPS) is 18.6. The van der Waals surface area contributed by atoms with E-state index >= 15 is 0 Å². The Morgan fingerprint density at radius 2 is 2.45 bits per heavy atom. The molecule has 0 saturated carbocycles.